The summed E-state index contributed by atoms with van der Waals surface area (Å²) in [7, 11) is 0.0593. The van der Waals surface area contributed by atoms with Crippen LogP contribution in [0.15, 0.2) is 102 Å². The lowest BCUT2D eigenvalue weighted by atomic mass is 10.0. The predicted octanol–water partition coefficient (Wildman–Crippen LogP) is 7.71. The first-order chi connectivity index (χ1) is 28.7. The number of methoxy groups -OCH3 is 1. The fraction of sp³-hybridized carbons (Fsp3) is 0.426. The zero-order chi connectivity index (χ0) is 42.3. The van der Waals surface area contributed by atoms with Crippen LogP contribution in [0.2, 0.25) is 0 Å². The van der Waals surface area contributed by atoms with E-state index in [2.05, 4.69) is 95.4 Å². The Morgan fingerprint density at radius 1 is 0.871 bits per heavy atom. The summed E-state index contributed by atoms with van der Waals surface area (Å²) in [5.41, 5.74) is 5.39. The van der Waals surface area contributed by atoms with Crippen LogP contribution in [0.4, 0.5) is 0 Å². The van der Waals surface area contributed by atoms with Crippen LogP contribution in [0.5, 0.6) is 17.2 Å². The number of likely N-dealkylation sites (N-methyl/N-ethyl adjacent to an activating group) is 1. The number of sulfone groups is 1. The number of benzene rings is 4. The second-order valence-corrected chi connectivity index (χ2v) is 16.3. The molecule has 1 atom stereocenters. The number of nitrogens with zero attached hydrogens (tertiary/aromatic N) is 1. The third kappa shape index (κ3) is 19.3. The summed E-state index contributed by atoms with van der Waals surface area (Å²) in [6.07, 6.45) is 9.75. The van der Waals surface area contributed by atoms with E-state index in [0.29, 0.717) is 18.9 Å². The van der Waals surface area contributed by atoms with Gasteiger partial charge in [0.2, 0.25) is 0 Å². The number of morpholine rings is 1. The van der Waals surface area contributed by atoms with Crippen molar-refractivity contribution in [2.24, 2.45) is 0 Å². The van der Waals surface area contributed by atoms with Crippen molar-refractivity contribution in [2.75, 3.05) is 86.0 Å². The maximum atomic E-state index is 12.3. The van der Waals surface area contributed by atoms with Crippen LogP contribution >= 0.6 is 37.2 Å². The maximum absolute atomic E-state index is 12.3. The van der Waals surface area contributed by atoms with Crippen LogP contribution in [-0.4, -0.2) is 111 Å². The smallest absolute Gasteiger partial charge is 0.255 e. The number of allylic oxidation sites excluding steroid dienone is 1. The number of carbonyl (C=O) groups is 1. The molecule has 1 fully saturated rings. The normalized spacial score (nSPS) is 13.6. The highest BCUT2D eigenvalue weighted by molar-refractivity contribution is 7.90. The van der Waals surface area contributed by atoms with Gasteiger partial charge in [0.1, 0.15) is 30.0 Å². The summed E-state index contributed by atoms with van der Waals surface area (Å²) in [5, 5.41) is 9.26. The van der Waals surface area contributed by atoms with Gasteiger partial charge < -0.3 is 39.8 Å². The molecular formula is C47H67Cl3N4O7S. The molecule has 0 aromatic heterocycles. The molecule has 11 nitrogen and oxygen atoms in total. The topological polar surface area (TPSA) is 127 Å². The van der Waals surface area contributed by atoms with Gasteiger partial charge in [0.15, 0.2) is 9.84 Å². The molecule has 0 saturated carbocycles. The van der Waals surface area contributed by atoms with Crippen molar-refractivity contribution in [2.45, 2.75) is 50.5 Å². The fourth-order valence-corrected chi connectivity index (χ4v) is 7.20. The van der Waals surface area contributed by atoms with E-state index >= 15 is 0 Å². The minimum atomic E-state index is -3.37. The third-order valence-corrected chi connectivity index (χ3v) is 11.1. The van der Waals surface area contributed by atoms with Crippen LogP contribution in [0.25, 0.3) is 6.08 Å². The number of unbranched alkanes of at least 4 members (excludes halogenated alkanes) is 1. The third-order valence-electron chi connectivity index (χ3n) is 9.96. The van der Waals surface area contributed by atoms with E-state index in [1.807, 2.05) is 31.3 Å². The molecule has 1 unspecified atom stereocenters. The van der Waals surface area contributed by atoms with Crippen LogP contribution in [-0.2, 0) is 27.4 Å². The van der Waals surface area contributed by atoms with Crippen molar-refractivity contribution >= 4 is 59.0 Å². The number of halogens is 3. The molecule has 1 aliphatic heterocycles. The standard InChI is InChI=1S/C18H23NO.C15H24N2O4S.C14H17NO2.3ClH/c1-19-13-7-8-14-20-18-12-6-5-11-17(18)15-16-9-3-2-4-10-16;1-5-17(6-2)10-9-16-15(18)13-11-12(22(4,19)20)7-8-14(13)21-3;1-3-11-4-2-6-14(13(11)5-1)17-10-12-9-15-7-8-16-12;;;/h2-6,9-12,19H,7-8,13-15H2,1H3;7-8,11H,5-6,9-10H2,1-4H3,(H,16,18);1-4,6,12,15H,5,7-10H2;3*1H. The van der Waals surface area contributed by atoms with Crippen LogP contribution in [0, 0.1) is 0 Å². The van der Waals surface area contributed by atoms with E-state index in [-0.39, 0.29) is 59.7 Å². The lowest BCUT2D eigenvalue weighted by Gasteiger charge is -2.24. The molecule has 0 spiro atoms. The van der Waals surface area contributed by atoms with Gasteiger partial charge >= 0.3 is 0 Å². The number of nitrogens with one attached hydrogen (secondary N) is 3. The Morgan fingerprint density at radius 3 is 2.27 bits per heavy atom. The monoisotopic (exact) mass is 936 g/mol. The molecule has 0 radical (unpaired) electrons. The zero-order valence-corrected chi connectivity index (χ0v) is 40.0. The van der Waals surface area contributed by atoms with Crippen LogP contribution in [0.3, 0.4) is 0 Å². The maximum Gasteiger partial charge on any atom is 0.255 e. The predicted molar refractivity (Wildman–Crippen MR) is 260 cm³/mol. The van der Waals surface area contributed by atoms with Crippen molar-refractivity contribution in [1.82, 2.24) is 20.9 Å². The van der Waals surface area contributed by atoms with E-state index in [1.54, 1.807) is 0 Å². The first-order valence-electron chi connectivity index (χ1n) is 20.7. The second kappa shape index (κ2) is 31.1. The van der Waals surface area contributed by atoms with E-state index in [1.165, 1.54) is 47.6 Å². The largest absolute Gasteiger partial charge is 0.496 e. The minimum Gasteiger partial charge on any atom is -0.496 e. The summed E-state index contributed by atoms with van der Waals surface area (Å²) in [5.74, 6) is 2.03. The molecule has 6 rings (SSSR count). The van der Waals surface area contributed by atoms with Gasteiger partial charge in [0.05, 0.1) is 30.8 Å². The molecule has 4 aromatic carbocycles. The summed E-state index contributed by atoms with van der Waals surface area (Å²) in [6, 6.07) is 29.3. The van der Waals surface area contributed by atoms with Crippen molar-refractivity contribution in [3.63, 3.8) is 0 Å². The molecule has 1 heterocycles. The Bertz CT molecular complexity index is 2000. The lowest BCUT2D eigenvalue weighted by Crippen LogP contribution is -2.41. The van der Waals surface area contributed by atoms with Crippen molar-refractivity contribution in [3.05, 3.63) is 125 Å². The highest BCUT2D eigenvalue weighted by atomic mass is 35.5. The Balaban J connectivity index is 0.000000456. The van der Waals surface area contributed by atoms with E-state index < -0.39 is 9.84 Å². The Hall–Kier alpha value is -3.85. The average molecular weight is 938 g/mol. The van der Waals surface area contributed by atoms with Gasteiger partial charge in [-0.1, -0.05) is 86.7 Å². The van der Waals surface area contributed by atoms with E-state index in [9.17, 15) is 13.2 Å². The SMILES string of the molecule is C1=Cc2cccc(OCC3CNCCO3)c2C1.CCN(CC)CCNC(=O)c1cc(S(C)(=O)=O)ccc1OC.CNCCCCOc1ccccc1Cc1ccccc1.Cl.Cl.Cl. The molecule has 344 valence electrons. The Kier molecular flexibility index (Phi) is 28.1. The minimum absolute atomic E-state index is 0. The van der Waals surface area contributed by atoms with Crippen LogP contribution in [0.1, 0.15) is 59.3 Å². The van der Waals surface area contributed by atoms with Gasteiger partial charge in [0.25, 0.3) is 5.91 Å². The number of para-hydroxylation sites is 1. The quantitative estimate of drug-likeness (QED) is 0.0806. The molecule has 1 aliphatic carbocycles. The Morgan fingerprint density at radius 2 is 1.60 bits per heavy atom. The first kappa shape index (κ1) is 56.2. The molecule has 1 saturated heterocycles. The molecule has 15 heteroatoms. The number of carbonyl (C=O) groups excluding carboxylic acids is 1. The lowest BCUT2D eigenvalue weighted by molar-refractivity contribution is 0.0000397. The summed E-state index contributed by atoms with van der Waals surface area (Å²) in [4.78, 5) is 14.5. The second-order valence-electron chi connectivity index (χ2n) is 14.3. The van der Waals surface area contributed by atoms with Gasteiger partial charge in [0, 0.05) is 44.4 Å². The molecule has 62 heavy (non-hydrogen) atoms. The van der Waals surface area contributed by atoms with Crippen molar-refractivity contribution in [3.8, 4) is 17.2 Å². The summed E-state index contributed by atoms with van der Waals surface area (Å²) >= 11 is 0. The fourth-order valence-electron chi connectivity index (χ4n) is 6.56. The average Bonchev–Trinajstić information content (AvgIpc) is 3.75. The van der Waals surface area contributed by atoms with E-state index in [0.717, 1.165) is 95.9 Å². The molecule has 0 bridgehead atoms. The number of ether oxygens (including phenoxy) is 4. The van der Waals surface area contributed by atoms with Gasteiger partial charge in [-0.05, 0) is 93.0 Å². The van der Waals surface area contributed by atoms with Crippen LogP contribution < -0.4 is 30.2 Å². The molecule has 2 aliphatic rings. The highest BCUT2D eigenvalue weighted by Gasteiger charge is 2.18. The zero-order valence-electron chi connectivity index (χ0n) is 36.7. The molecule has 3 N–H and O–H groups in total. The first-order valence-corrected chi connectivity index (χ1v) is 22.6. The summed E-state index contributed by atoms with van der Waals surface area (Å²) < 4.78 is 45.8. The van der Waals surface area contributed by atoms with Crippen molar-refractivity contribution in [1.29, 1.82) is 0 Å². The molecular weight excluding hydrogens is 871 g/mol. The molecule has 1 amide bonds. The van der Waals surface area contributed by atoms with E-state index in [4.69, 9.17) is 18.9 Å². The van der Waals surface area contributed by atoms with Gasteiger partial charge in [-0.3, -0.25) is 4.79 Å². The van der Waals surface area contributed by atoms with Gasteiger partial charge in [-0.2, -0.15) is 0 Å². The van der Waals surface area contributed by atoms with Crippen molar-refractivity contribution < 1.29 is 32.2 Å². The number of amides is 1. The van der Waals surface area contributed by atoms with Gasteiger partial charge in [-0.25, -0.2) is 8.42 Å². The van der Waals surface area contributed by atoms with Gasteiger partial charge in [-0.15, -0.1) is 37.2 Å². The number of fused-ring (bicyclic) bond motifs is 1. The summed E-state index contributed by atoms with van der Waals surface area (Å²) in [6.45, 7) is 12.3. The highest BCUT2D eigenvalue weighted by Crippen LogP contribution is 2.29. The molecule has 4 aromatic rings. The number of hydrogen-bond donors (Lipinski definition) is 3. The Labute approximate surface area is 388 Å². The number of rotatable bonds is 19. The number of hydrogen-bond acceptors (Lipinski definition) is 10.